The number of carboxylic acids is 2. The summed E-state index contributed by atoms with van der Waals surface area (Å²) in [5.74, 6) is -1.21. The van der Waals surface area contributed by atoms with E-state index in [0.29, 0.717) is 18.6 Å². The maximum absolute atomic E-state index is 11.1. The number of phenolic OH excluding ortho intramolecular Hbond substituents is 1. The zero-order chi connectivity index (χ0) is 21.4. The SMILES string of the molecule is CC(C)(CCCCCc1ccc(CCCCC(C)(C)C(=O)O)cc1O)C(=O)O. The normalized spacial score (nSPS) is 12.1. The smallest absolute Gasteiger partial charge is 0.309 e. The van der Waals surface area contributed by atoms with Crippen LogP contribution in [0.4, 0.5) is 0 Å². The van der Waals surface area contributed by atoms with E-state index in [-0.39, 0.29) is 0 Å². The average Bonchev–Trinajstić information content (AvgIpc) is 2.59. The van der Waals surface area contributed by atoms with Crippen molar-refractivity contribution in [2.75, 3.05) is 0 Å². The van der Waals surface area contributed by atoms with Crippen LogP contribution in [0.1, 0.15) is 83.8 Å². The molecular weight excluding hydrogens is 356 g/mol. The van der Waals surface area contributed by atoms with Crippen LogP contribution in [-0.4, -0.2) is 27.3 Å². The maximum Gasteiger partial charge on any atom is 0.309 e. The molecule has 28 heavy (non-hydrogen) atoms. The molecule has 5 nitrogen and oxygen atoms in total. The number of benzene rings is 1. The first-order valence-corrected chi connectivity index (χ1v) is 10.2. The van der Waals surface area contributed by atoms with E-state index in [2.05, 4.69) is 0 Å². The molecule has 3 N–H and O–H groups in total. The van der Waals surface area contributed by atoms with E-state index in [1.807, 2.05) is 18.2 Å². The molecule has 0 fully saturated rings. The van der Waals surface area contributed by atoms with Gasteiger partial charge in [0.2, 0.25) is 0 Å². The van der Waals surface area contributed by atoms with Gasteiger partial charge in [0.05, 0.1) is 10.8 Å². The van der Waals surface area contributed by atoms with E-state index in [1.54, 1.807) is 27.7 Å². The quantitative estimate of drug-likeness (QED) is 0.389. The van der Waals surface area contributed by atoms with Gasteiger partial charge in [0.15, 0.2) is 0 Å². The Morgan fingerprint density at radius 2 is 1.29 bits per heavy atom. The number of carbonyl (C=O) groups is 2. The number of aliphatic carboxylic acids is 2. The molecule has 0 aliphatic carbocycles. The van der Waals surface area contributed by atoms with Crippen LogP contribution in [-0.2, 0) is 22.4 Å². The Hall–Kier alpha value is -2.04. The van der Waals surface area contributed by atoms with E-state index in [4.69, 9.17) is 10.2 Å². The van der Waals surface area contributed by atoms with Gasteiger partial charge >= 0.3 is 11.9 Å². The molecule has 0 radical (unpaired) electrons. The van der Waals surface area contributed by atoms with Crippen LogP contribution >= 0.6 is 0 Å². The minimum Gasteiger partial charge on any atom is -0.508 e. The fraction of sp³-hybridized carbons (Fsp3) is 0.652. The van der Waals surface area contributed by atoms with Crippen LogP contribution < -0.4 is 0 Å². The molecule has 0 amide bonds. The first-order valence-electron chi connectivity index (χ1n) is 10.2. The minimum absolute atomic E-state index is 0.314. The highest BCUT2D eigenvalue weighted by Crippen LogP contribution is 2.27. The Balaban J connectivity index is 2.36. The number of carboxylic acid groups (broad SMARTS) is 2. The summed E-state index contributed by atoms with van der Waals surface area (Å²) in [6.45, 7) is 7.00. The molecule has 0 unspecified atom stereocenters. The number of rotatable bonds is 13. The molecule has 0 heterocycles. The summed E-state index contributed by atoms with van der Waals surface area (Å²) in [5, 5.41) is 28.5. The second-order valence-corrected chi connectivity index (χ2v) is 9.11. The van der Waals surface area contributed by atoms with Crippen molar-refractivity contribution >= 4 is 11.9 Å². The highest BCUT2D eigenvalue weighted by Gasteiger charge is 2.26. The average molecular weight is 393 g/mol. The molecule has 1 aromatic carbocycles. The van der Waals surface area contributed by atoms with Crippen molar-refractivity contribution in [3.05, 3.63) is 29.3 Å². The first kappa shape index (κ1) is 24.0. The Bertz CT molecular complexity index is 661. The van der Waals surface area contributed by atoms with Gasteiger partial charge in [0.25, 0.3) is 0 Å². The van der Waals surface area contributed by atoms with Crippen LogP contribution in [0.3, 0.4) is 0 Å². The van der Waals surface area contributed by atoms with E-state index >= 15 is 0 Å². The summed E-state index contributed by atoms with van der Waals surface area (Å²) in [7, 11) is 0. The van der Waals surface area contributed by atoms with Gasteiger partial charge in [0, 0.05) is 0 Å². The molecule has 5 heteroatoms. The third kappa shape index (κ3) is 7.91. The summed E-state index contributed by atoms with van der Waals surface area (Å²) in [5.41, 5.74) is 0.626. The molecule has 0 bridgehead atoms. The van der Waals surface area contributed by atoms with E-state index < -0.39 is 22.8 Å². The fourth-order valence-corrected chi connectivity index (χ4v) is 3.15. The van der Waals surface area contributed by atoms with Gasteiger partial charge in [-0.1, -0.05) is 31.4 Å². The standard InChI is InChI=1S/C23H36O5/c1-22(2,20(25)26)14-8-5-6-11-18-13-12-17(16-19(18)24)10-7-9-15-23(3,4)21(27)28/h12-13,16,24H,5-11,14-15H2,1-4H3,(H,25,26)(H,27,28). The topological polar surface area (TPSA) is 94.8 Å². The summed E-state index contributed by atoms with van der Waals surface area (Å²) in [6.07, 6.45) is 7.38. The van der Waals surface area contributed by atoms with Crippen molar-refractivity contribution in [3.8, 4) is 5.75 Å². The molecule has 0 saturated heterocycles. The third-order valence-corrected chi connectivity index (χ3v) is 5.57. The lowest BCUT2D eigenvalue weighted by Gasteiger charge is -2.18. The van der Waals surface area contributed by atoms with Crippen molar-refractivity contribution in [1.82, 2.24) is 0 Å². The van der Waals surface area contributed by atoms with Crippen molar-refractivity contribution in [2.45, 2.75) is 85.5 Å². The first-order chi connectivity index (χ1) is 13.0. The van der Waals surface area contributed by atoms with Gasteiger partial charge in [0.1, 0.15) is 5.75 Å². The van der Waals surface area contributed by atoms with Crippen molar-refractivity contribution in [1.29, 1.82) is 0 Å². The second-order valence-electron chi connectivity index (χ2n) is 9.11. The molecule has 1 rings (SSSR count). The Morgan fingerprint density at radius 1 is 0.786 bits per heavy atom. The largest absolute Gasteiger partial charge is 0.508 e. The Kier molecular flexibility index (Phi) is 8.99. The van der Waals surface area contributed by atoms with Crippen LogP contribution in [0.5, 0.6) is 5.75 Å². The summed E-state index contributed by atoms with van der Waals surface area (Å²) in [6, 6.07) is 5.81. The number of aromatic hydroxyl groups is 1. The van der Waals surface area contributed by atoms with Crippen molar-refractivity contribution in [3.63, 3.8) is 0 Å². The lowest BCUT2D eigenvalue weighted by Crippen LogP contribution is -2.23. The molecule has 0 spiro atoms. The van der Waals surface area contributed by atoms with Crippen LogP contribution in [0.25, 0.3) is 0 Å². The van der Waals surface area contributed by atoms with E-state index in [9.17, 15) is 14.7 Å². The molecule has 0 aromatic heterocycles. The third-order valence-electron chi connectivity index (χ3n) is 5.57. The predicted molar refractivity (Wildman–Crippen MR) is 111 cm³/mol. The lowest BCUT2D eigenvalue weighted by atomic mass is 9.86. The minimum atomic E-state index is -0.763. The Labute approximate surface area is 168 Å². The zero-order valence-corrected chi connectivity index (χ0v) is 17.8. The number of unbranched alkanes of at least 4 members (excludes halogenated alkanes) is 3. The lowest BCUT2D eigenvalue weighted by molar-refractivity contribution is -0.148. The highest BCUT2D eigenvalue weighted by atomic mass is 16.4. The van der Waals surface area contributed by atoms with E-state index in [1.165, 1.54) is 0 Å². The van der Waals surface area contributed by atoms with Crippen molar-refractivity contribution < 1.29 is 24.9 Å². The molecule has 158 valence electrons. The monoisotopic (exact) mass is 392 g/mol. The van der Waals surface area contributed by atoms with Gasteiger partial charge in [-0.05, 0) is 83.4 Å². The number of aryl methyl sites for hydroxylation is 2. The second kappa shape index (κ2) is 10.5. The molecule has 1 aromatic rings. The number of hydrogen-bond acceptors (Lipinski definition) is 3. The summed E-state index contributed by atoms with van der Waals surface area (Å²) in [4.78, 5) is 22.2. The fourth-order valence-electron chi connectivity index (χ4n) is 3.15. The van der Waals surface area contributed by atoms with Gasteiger partial charge in [-0.15, -0.1) is 0 Å². The summed E-state index contributed by atoms with van der Waals surface area (Å²) < 4.78 is 0. The molecule has 0 atom stereocenters. The van der Waals surface area contributed by atoms with Gasteiger partial charge < -0.3 is 15.3 Å². The van der Waals surface area contributed by atoms with Crippen LogP contribution in [0.2, 0.25) is 0 Å². The number of phenols is 1. The summed E-state index contributed by atoms with van der Waals surface area (Å²) >= 11 is 0. The molecular formula is C23H36O5. The van der Waals surface area contributed by atoms with Gasteiger partial charge in [-0.25, -0.2) is 0 Å². The van der Waals surface area contributed by atoms with Crippen molar-refractivity contribution in [2.24, 2.45) is 10.8 Å². The molecule has 0 aliphatic heterocycles. The highest BCUT2D eigenvalue weighted by molar-refractivity contribution is 5.73. The predicted octanol–water partition coefficient (Wildman–Crippen LogP) is 5.43. The van der Waals surface area contributed by atoms with Gasteiger partial charge in [-0.3, -0.25) is 9.59 Å². The molecule has 0 saturated carbocycles. The maximum atomic E-state index is 11.1. The zero-order valence-electron chi connectivity index (χ0n) is 17.8. The van der Waals surface area contributed by atoms with Crippen LogP contribution in [0.15, 0.2) is 18.2 Å². The van der Waals surface area contributed by atoms with Gasteiger partial charge in [-0.2, -0.15) is 0 Å². The van der Waals surface area contributed by atoms with Crippen LogP contribution in [0, 0.1) is 10.8 Å². The van der Waals surface area contributed by atoms with E-state index in [0.717, 1.165) is 56.1 Å². The molecule has 0 aliphatic rings. The Morgan fingerprint density at radius 3 is 1.79 bits per heavy atom. The number of hydrogen-bond donors (Lipinski definition) is 3.